The van der Waals surface area contributed by atoms with Gasteiger partial charge in [0.1, 0.15) is 11.5 Å². The molecule has 2 bridgehead atoms. The number of aliphatic hydroxyl groups excluding tert-OH is 1. The third-order valence-electron chi connectivity index (χ3n) is 5.92. The topological polar surface area (TPSA) is 49.8 Å². The Morgan fingerprint density at radius 2 is 1.87 bits per heavy atom. The molecular formula is C19H27NO3. The molecule has 3 rings (SSSR count). The van der Waals surface area contributed by atoms with Gasteiger partial charge in [0.2, 0.25) is 0 Å². The van der Waals surface area contributed by atoms with E-state index in [0.29, 0.717) is 18.5 Å². The lowest BCUT2D eigenvalue weighted by Gasteiger charge is -2.38. The van der Waals surface area contributed by atoms with Crippen LogP contribution >= 0.6 is 0 Å². The molecule has 4 heteroatoms. The molecule has 0 radical (unpaired) electrons. The second-order valence-corrected chi connectivity index (χ2v) is 7.01. The number of hydrogen-bond donors (Lipinski definition) is 1. The van der Waals surface area contributed by atoms with Gasteiger partial charge in [-0.2, -0.15) is 0 Å². The number of rotatable bonds is 5. The van der Waals surface area contributed by atoms with Crippen LogP contribution in [-0.4, -0.2) is 47.8 Å². The van der Waals surface area contributed by atoms with Crippen molar-refractivity contribution in [3.8, 4) is 0 Å². The summed E-state index contributed by atoms with van der Waals surface area (Å²) < 4.78 is 5.90. The van der Waals surface area contributed by atoms with Gasteiger partial charge < -0.3 is 14.7 Å². The van der Waals surface area contributed by atoms with E-state index in [2.05, 4.69) is 11.9 Å². The van der Waals surface area contributed by atoms with Gasteiger partial charge in [0, 0.05) is 12.1 Å². The number of esters is 1. The zero-order valence-corrected chi connectivity index (χ0v) is 14.1. The van der Waals surface area contributed by atoms with Crippen molar-refractivity contribution < 1.29 is 14.6 Å². The highest BCUT2D eigenvalue weighted by molar-refractivity contribution is 5.83. The average molecular weight is 317 g/mol. The van der Waals surface area contributed by atoms with Gasteiger partial charge in [-0.05, 0) is 44.7 Å². The van der Waals surface area contributed by atoms with E-state index in [1.165, 1.54) is 12.8 Å². The Kier molecular flexibility index (Phi) is 4.74. The molecule has 2 aliphatic rings. The summed E-state index contributed by atoms with van der Waals surface area (Å²) in [6.45, 7) is 1.72. The number of carbonyl (C=O) groups is 1. The SMILES string of the molecule is CC[C@@](CO)(C(=O)OC1C[C@@H]2CC[C@@H](C1)N2C)c1ccccc1. The molecule has 3 atom stereocenters. The van der Waals surface area contributed by atoms with E-state index in [-0.39, 0.29) is 18.7 Å². The van der Waals surface area contributed by atoms with Crippen LogP contribution in [0, 0.1) is 0 Å². The molecule has 2 aliphatic heterocycles. The Bertz CT molecular complexity index is 527. The molecule has 0 spiro atoms. The molecule has 2 fully saturated rings. The number of ether oxygens (including phenoxy) is 1. The van der Waals surface area contributed by atoms with Crippen molar-refractivity contribution in [1.29, 1.82) is 0 Å². The zero-order chi connectivity index (χ0) is 16.4. The first-order valence-corrected chi connectivity index (χ1v) is 8.70. The lowest BCUT2D eigenvalue weighted by molar-refractivity contribution is -0.161. The molecule has 2 heterocycles. The van der Waals surface area contributed by atoms with Crippen LogP contribution in [0.3, 0.4) is 0 Å². The van der Waals surface area contributed by atoms with Gasteiger partial charge in [-0.25, -0.2) is 0 Å². The van der Waals surface area contributed by atoms with E-state index < -0.39 is 5.41 Å². The minimum Gasteiger partial charge on any atom is -0.462 e. The second kappa shape index (κ2) is 6.62. The van der Waals surface area contributed by atoms with Crippen molar-refractivity contribution in [2.75, 3.05) is 13.7 Å². The Balaban J connectivity index is 1.75. The molecule has 0 aromatic heterocycles. The zero-order valence-electron chi connectivity index (χ0n) is 14.1. The highest BCUT2D eigenvalue weighted by Crippen LogP contribution is 2.37. The van der Waals surface area contributed by atoms with Gasteiger partial charge in [0.15, 0.2) is 0 Å². The molecular weight excluding hydrogens is 290 g/mol. The van der Waals surface area contributed by atoms with Crippen LogP contribution in [0.5, 0.6) is 0 Å². The number of benzene rings is 1. The molecule has 23 heavy (non-hydrogen) atoms. The second-order valence-electron chi connectivity index (χ2n) is 7.01. The molecule has 0 unspecified atom stereocenters. The van der Waals surface area contributed by atoms with Crippen LogP contribution in [0.4, 0.5) is 0 Å². The van der Waals surface area contributed by atoms with Crippen molar-refractivity contribution in [2.45, 2.75) is 62.6 Å². The largest absolute Gasteiger partial charge is 0.462 e. The molecule has 4 nitrogen and oxygen atoms in total. The van der Waals surface area contributed by atoms with Crippen LogP contribution in [0.15, 0.2) is 30.3 Å². The summed E-state index contributed by atoms with van der Waals surface area (Å²) in [5, 5.41) is 9.98. The van der Waals surface area contributed by atoms with E-state index in [1.54, 1.807) is 0 Å². The fraction of sp³-hybridized carbons (Fsp3) is 0.632. The Hall–Kier alpha value is -1.39. The van der Waals surface area contributed by atoms with Gasteiger partial charge in [-0.15, -0.1) is 0 Å². The lowest BCUT2D eigenvalue weighted by atomic mass is 9.78. The summed E-state index contributed by atoms with van der Waals surface area (Å²) in [4.78, 5) is 15.3. The Labute approximate surface area is 138 Å². The number of carbonyl (C=O) groups excluding carboxylic acids is 1. The summed E-state index contributed by atoms with van der Waals surface area (Å²) in [6, 6.07) is 10.6. The minimum atomic E-state index is -0.941. The maximum Gasteiger partial charge on any atom is 0.319 e. The molecule has 0 aliphatic carbocycles. The summed E-state index contributed by atoms with van der Waals surface area (Å²) in [5.41, 5.74) is -0.102. The van der Waals surface area contributed by atoms with E-state index in [1.807, 2.05) is 37.3 Å². The van der Waals surface area contributed by atoms with Crippen molar-refractivity contribution in [3.63, 3.8) is 0 Å². The fourth-order valence-electron chi connectivity index (χ4n) is 4.21. The number of fused-ring (bicyclic) bond motifs is 2. The summed E-state index contributed by atoms with van der Waals surface area (Å²) in [6.07, 6.45) is 4.75. The fourth-order valence-corrected chi connectivity index (χ4v) is 4.21. The van der Waals surface area contributed by atoms with Crippen molar-refractivity contribution in [3.05, 3.63) is 35.9 Å². The highest BCUT2D eigenvalue weighted by atomic mass is 16.5. The first kappa shape index (κ1) is 16.5. The van der Waals surface area contributed by atoms with E-state index in [4.69, 9.17) is 4.74 Å². The van der Waals surface area contributed by atoms with Crippen LogP contribution in [0.2, 0.25) is 0 Å². The molecule has 0 amide bonds. The number of piperidine rings is 1. The van der Waals surface area contributed by atoms with Crippen molar-refractivity contribution in [2.24, 2.45) is 0 Å². The lowest BCUT2D eigenvalue weighted by Crippen LogP contribution is -2.47. The molecule has 1 aromatic rings. The molecule has 2 saturated heterocycles. The van der Waals surface area contributed by atoms with Gasteiger partial charge in [0.05, 0.1) is 6.61 Å². The number of aliphatic hydroxyl groups is 1. The number of hydrogen-bond acceptors (Lipinski definition) is 4. The molecule has 1 aromatic carbocycles. The molecule has 126 valence electrons. The van der Waals surface area contributed by atoms with Gasteiger partial charge in [-0.3, -0.25) is 4.79 Å². The summed E-state index contributed by atoms with van der Waals surface area (Å²) in [5.74, 6) is -0.275. The summed E-state index contributed by atoms with van der Waals surface area (Å²) in [7, 11) is 2.18. The maximum atomic E-state index is 12.9. The summed E-state index contributed by atoms with van der Waals surface area (Å²) >= 11 is 0. The quantitative estimate of drug-likeness (QED) is 0.848. The standard InChI is InChI=1S/C19H27NO3/c1-3-19(13-21,14-7-5-4-6-8-14)18(22)23-17-11-15-9-10-16(12-17)20(15)2/h4-8,15-17,21H,3,9-13H2,1-2H3/t15-,16-,19-/m0/s1. The van der Waals surface area contributed by atoms with Gasteiger partial charge >= 0.3 is 5.97 Å². The third-order valence-corrected chi connectivity index (χ3v) is 5.92. The monoisotopic (exact) mass is 317 g/mol. The first-order chi connectivity index (χ1) is 11.1. The predicted molar refractivity (Wildman–Crippen MR) is 89.2 cm³/mol. The molecule has 0 saturated carbocycles. The van der Waals surface area contributed by atoms with Gasteiger partial charge in [0.25, 0.3) is 0 Å². The minimum absolute atomic E-state index is 0.0163. The Morgan fingerprint density at radius 3 is 2.39 bits per heavy atom. The average Bonchev–Trinajstić information content (AvgIpc) is 2.79. The number of nitrogens with zero attached hydrogens (tertiary/aromatic N) is 1. The third kappa shape index (κ3) is 2.90. The Morgan fingerprint density at radius 1 is 1.26 bits per heavy atom. The molecule has 1 N–H and O–H groups in total. The van der Waals surface area contributed by atoms with E-state index in [9.17, 15) is 9.90 Å². The maximum absolute atomic E-state index is 12.9. The van der Waals surface area contributed by atoms with Crippen LogP contribution in [0.1, 0.15) is 44.6 Å². The van der Waals surface area contributed by atoms with Crippen molar-refractivity contribution in [1.82, 2.24) is 4.90 Å². The highest BCUT2D eigenvalue weighted by Gasteiger charge is 2.44. The van der Waals surface area contributed by atoms with Crippen molar-refractivity contribution >= 4 is 5.97 Å². The van der Waals surface area contributed by atoms with E-state index in [0.717, 1.165) is 18.4 Å². The smallest absolute Gasteiger partial charge is 0.319 e. The normalized spacial score (nSPS) is 30.0. The predicted octanol–water partition coefficient (Wildman–Crippen LogP) is 2.50. The van der Waals surface area contributed by atoms with Gasteiger partial charge in [-0.1, -0.05) is 37.3 Å². The van der Waals surface area contributed by atoms with Crippen LogP contribution in [-0.2, 0) is 14.9 Å². The van der Waals surface area contributed by atoms with E-state index >= 15 is 0 Å². The van der Waals surface area contributed by atoms with Crippen LogP contribution < -0.4 is 0 Å². The first-order valence-electron chi connectivity index (χ1n) is 8.70. The van der Waals surface area contributed by atoms with Crippen LogP contribution in [0.25, 0.3) is 0 Å².